The van der Waals surface area contributed by atoms with E-state index in [1.807, 2.05) is 26.0 Å². The zero-order valence-electron chi connectivity index (χ0n) is 23.1. The van der Waals surface area contributed by atoms with Crippen LogP contribution < -0.4 is 19.1 Å². The van der Waals surface area contributed by atoms with Crippen molar-refractivity contribution in [3.63, 3.8) is 0 Å². The Morgan fingerprint density at radius 2 is 1.49 bits per heavy atom. The maximum Gasteiger partial charge on any atom is 0.262 e. The monoisotopic (exact) mass is 593 g/mol. The fourth-order valence-corrected chi connectivity index (χ4v) is 6.08. The van der Waals surface area contributed by atoms with E-state index in [4.69, 9.17) is 4.74 Å². The summed E-state index contributed by atoms with van der Waals surface area (Å²) in [6.07, 6.45) is 1.16. The average Bonchev–Trinajstić information content (AvgIpc) is 2.91. The fraction of sp³-hybridized carbons (Fsp3) is 0.167. The van der Waals surface area contributed by atoms with Crippen molar-refractivity contribution in [2.24, 2.45) is 0 Å². The lowest BCUT2D eigenvalue weighted by Gasteiger charge is -2.23. The average molecular weight is 594 g/mol. The third kappa shape index (κ3) is 7.44. The van der Waals surface area contributed by atoms with Crippen molar-refractivity contribution in [2.75, 3.05) is 27.7 Å². The Balaban J connectivity index is 1.43. The molecule has 4 aromatic carbocycles. The van der Waals surface area contributed by atoms with E-state index in [9.17, 15) is 21.6 Å². The number of benzene rings is 4. The first-order chi connectivity index (χ1) is 19.4. The van der Waals surface area contributed by atoms with E-state index in [1.165, 1.54) is 35.7 Å². The highest BCUT2D eigenvalue weighted by atomic mass is 32.2. The van der Waals surface area contributed by atoms with Crippen LogP contribution in [0.4, 0.5) is 17.1 Å². The highest BCUT2D eigenvalue weighted by molar-refractivity contribution is 7.92. The number of rotatable bonds is 10. The topological polar surface area (TPSA) is 122 Å². The first kappa shape index (κ1) is 29.6. The summed E-state index contributed by atoms with van der Waals surface area (Å²) in [5.41, 5.74) is 4.18. The minimum atomic E-state index is -3.90. The summed E-state index contributed by atoms with van der Waals surface area (Å²) in [5.74, 6) is 0.00157. The van der Waals surface area contributed by atoms with E-state index in [0.29, 0.717) is 33.9 Å². The minimum Gasteiger partial charge on any atom is -0.495 e. The molecule has 0 aliphatic rings. The molecule has 0 bridgehead atoms. The van der Waals surface area contributed by atoms with Crippen LogP contribution in [0.2, 0.25) is 0 Å². The van der Waals surface area contributed by atoms with E-state index in [1.54, 1.807) is 54.6 Å². The number of amides is 1. The minimum absolute atomic E-state index is 0.0208. The van der Waals surface area contributed by atoms with Gasteiger partial charge in [0.1, 0.15) is 5.75 Å². The lowest BCUT2D eigenvalue weighted by atomic mass is 10.1. The van der Waals surface area contributed by atoms with E-state index >= 15 is 0 Å². The number of sulfonamides is 2. The molecule has 0 saturated heterocycles. The normalized spacial score (nSPS) is 11.5. The molecule has 41 heavy (non-hydrogen) atoms. The van der Waals surface area contributed by atoms with Gasteiger partial charge in [0.25, 0.3) is 15.9 Å². The van der Waals surface area contributed by atoms with Crippen molar-refractivity contribution in [1.29, 1.82) is 0 Å². The van der Waals surface area contributed by atoms with Gasteiger partial charge in [0.15, 0.2) is 0 Å². The molecule has 0 fully saturated rings. The number of nitrogens with one attached hydrogen (secondary N) is 2. The van der Waals surface area contributed by atoms with Gasteiger partial charge in [0, 0.05) is 11.3 Å². The van der Waals surface area contributed by atoms with Gasteiger partial charge in [0.05, 0.1) is 36.2 Å². The van der Waals surface area contributed by atoms with Crippen LogP contribution in [0.1, 0.15) is 27.0 Å². The summed E-state index contributed by atoms with van der Waals surface area (Å²) < 4.78 is 59.9. The molecular formula is C30H31N3O6S2. The molecule has 0 aromatic heterocycles. The second-order valence-corrected chi connectivity index (χ2v) is 13.2. The van der Waals surface area contributed by atoms with Crippen LogP contribution in [0.15, 0.2) is 95.9 Å². The van der Waals surface area contributed by atoms with Gasteiger partial charge in [-0.15, -0.1) is 0 Å². The van der Waals surface area contributed by atoms with Gasteiger partial charge in [-0.25, -0.2) is 16.8 Å². The Morgan fingerprint density at radius 3 is 2.10 bits per heavy atom. The number of methoxy groups -OCH3 is 1. The van der Waals surface area contributed by atoms with Crippen molar-refractivity contribution in [2.45, 2.75) is 25.3 Å². The van der Waals surface area contributed by atoms with Crippen molar-refractivity contribution in [3.8, 4) is 5.75 Å². The summed E-state index contributed by atoms with van der Waals surface area (Å²) in [4.78, 5) is 12.9. The molecule has 4 aromatic rings. The third-order valence-corrected chi connectivity index (χ3v) is 8.78. The zero-order valence-corrected chi connectivity index (χ0v) is 24.7. The first-order valence-corrected chi connectivity index (χ1v) is 15.9. The van der Waals surface area contributed by atoms with Crippen LogP contribution >= 0.6 is 0 Å². The number of hydrogen-bond donors (Lipinski definition) is 2. The summed E-state index contributed by atoms with van der Waals surface area (Å²) in [7, 11) is -5.97. The Bertz CT molecular complexity index is 1770. The van der Waals surface area contributed by atoms with Crippen LogP contribution in [0.25, 0.3) is 0 Å². The number of aryl methyl sites for hydroxylation is 2. The number of carbonyl (C=O) groups excluding carboxylic acids is 1. The predicted molar refractivity (Wildman–Crippen MR) is 162 cm³/mol. The fourth-order valence-electron chi connectivity index (χ4n) is 4.14. The van der Waals surface area contributed by atoms with Gasteiger partial charge in [0.2, 0.25) is 10.0 Å². The van der Waals surface area contributed by atoms with E-state index in [2.05, 4.69) is 10.0 Å². The largest absolute Gasteiger partial charge is 0.495 e. The quantitative estimate of drug-likeness (QED) is 0.256. The van der Waals surface area contributed by atoms with Crippen molar-refractivity contribution < 1.29 is 26.4 Å². The molecule has 4 rings (SSSR count). The molecule has 2 N–H and O–H groups in total. The highest BCUT2D eigenvalue weighted by Gasteiger charge is 2.19. The molecule has 0 aliphatic carbocycles. The first-order valence-electron chi connectivity index (χ1n) is 12.6. The van der Waals surface area contributed by atoms with Gasteiger partial charge < -0.3 is 10.1 Å². The third-order valence-electron chi connectivity index (χ3n) is 6.25. The summed E-state index contributed by atoms with van der Waals surface area (Å²) in [6.45, 7) is 3.85. The van der Waals surface area contributed by atoms with E-state index < -0.39 is 26.0 Å². The molecule has 0 unspecified atom stereocenters. The number of nitrogens with zero attached hydrogens (tertiary/aromatic N) is 1. The van der Waals surface area contributed by atoms with Crippen LogP contribution in [-0.2, 0) is 26.6 Å². The maximum atomic E-state index is 12.9. The SMILES string of the molecule is COc1ccc(C)cc1NS(=O)(=O)c1ccc(NC(=O)c2ccc(CN(c3cccc(C)c3)S(C)(=O)=O)cc2)cc1. The molecule has 0 atom stereocenters. The summed E-state index contributed by atoms with van der Waals surface area (Å²) >= 11 is 0. The van der Waals surface area contributed by atoms with E-state index in [0.717, 1.165) is 17.4 Å². The Kier molecular flexibility index (Phi) is 8.69. The van der Waals surface area contributed by atoms with Gasteiger partial charge in [-0.1, -0.05) is 30.3 Å². The predicted octanol–water partition coefficient (Wildman–Crippen LogP) is 5.33. The lowest BCUT2D eigenvalue weighted by molar-refractivity contribution is 0.102. The number of anilines is 3. The molecule has 1 amide bonds. The zero-order chi connectivity index (χ0) is 29.8. The van der Waals surface area contributed by atoms with Gasteiger partial charge >= 0.3 is 0 Å². The van der Waals surface area contributed by atoms with Gasteiger partial charge in [-0.3, -0.25) is 13.8 Å². The van der Waals surface area contributed by atoms with Crippen LogP contribution in [0, 0.1) is 13.8 Å². The number of hydrogen-bond acceptors (Lipinski definition) is 6. The smallest absolute Gasteiger partial charge is 0.262 e. The molecular weight excluding hydrogens is 562 g/mol. The highest BCUT2D eigenvalue weighted by Crippen LogP contribution is 2.28. The van der Waals surface area contributed by atoms with E-state index in [-0.39, 0.29) is 11.4 Å². The second kappa shape index (κ2) is 12.0. The van der Waals surface area contributed by atoms with Gasteiger partial charge in [-0.2, -0.15) is 0 Å². The van der Waals surface area contributed by atoms with Crippen LogP contribution in [-0.4, -0.2) is 36.1 Å². The van der Waals surface area contributed by atoms with Crippen LogP contribution in [0.3, 0.4) is 0 Å². The Labute approximate surface area is 240 Å². The summed E-state index contributed by atoms with van der Waals surface area (Å²) in [5, 5.41) is 2.75. The molecule has 11 heteroatoms. The Hall–Kier alpha value is -4.35. The standard InChI is InChI=1S/C30H31N3O6S2/c1-21-6-5-7-26(18-21)33(40(4,35)36)20-23-9-11-24(12-10-23)30(34)31-25-13-15-27(16-14-25)41(37,38)32-28-19-22(2)8-17-29(28)39-3/h5-19,32H,20H2,1-4H3,(H,31,34). The lowest BCUT2D eigenvalue weighted by Crippen LogP contribution is -2.29. The molecule has 214 valence electrons. The summed E-state index contributed by atoms with van der Waals surface area (Å²) in [6, 6.07) is 24.8. The van der Waals surface area contributed by atoms with Crippen LogP contribution in [0.5, 0.6) is 5.75 Å². The maximum absolute atomic E-state index is 12.9. The number of ether oxygens (including phenoxy) is 1. The van der Waals surface area contributed by atoms with Gasteiger partial charge in [-0.05, 0) is 91.2 Å². The molecule has 0 aliphatic heterocycles. The molecule has 0 radical (unpaired) electrons. The second-order valence-electron chi connectivity index (χ2n) is 9.59. The van der Waals surface area contributed by atoms with Crippen molar-refractivity contribution in [3.05, 3.63) is 113 Å². The molecule has 0 spiro atoms. The molecule has 0 heterocycles. The van der Waals surface area contributed by atoms with Crippen molar-refractivity contribution in [1.82, 2.24) is 0 Å². The molecule has 9 nitrogen and oxygen atoms in total. The number of carbonyl (C=O) groups is 1. The Morgan fingerprint density at radius 1 is 0.829 bits per heavy atom. The van der Waals surface area contributed by atoms with Crippen molar-refractivity contribution >= 4 is 43.0 Å². The molecule has 0 saturated carbocycles.